The Morgan fingerprint density at radius 1 is 0.976 bits per heavy atom. The van der Waals surface area contributed by atoms with Gasteiger partial charge in [0, 0.05) is 17.5 Å². The van der Waals surface area contributed by atoms with Crippen LogP contribution in [0.5, 0.6) is 5.88 Å². The van der Waals surface area contributed by atoms with Gasteiger partial charge in [-0.2, -0.15) is 4.98 Å². The van der Waals surface area contributed by atoms with Crippen molar-refractivity contribution in [3.63, 3.8) is 0 Å². The summed E-state index contributed by atoms with van der Waals surface area (Å²) in [6.45, 7) is 13.8. The van der Waals surface area contributed by atoms with Crippen LogP contribution in [-0.4, -0.2) is 25.0 Å². The first kappa shape index (κ1) is 28.2. The summed E-state index contributed by atoms with van der Waals surface area (Å²) in [4.78, 5) is 9.47. The summed E-state index contributed by atoms with van der Waals surface area (Å²) < 4.78 is 36.6. The second-order valence-electron chi connectivity index (χ2n) is 14.4. The van der Waals surface area contributed by atoms with Crippen molar-refractivity contribution >= 4 is 16.0 Å². The molecule has 7 heteroatoms. The maximum Gasteiger partial charge on any atom is 0.264 e. The van der Waals surface area contributed by atoms with Crippen molar-refractivity contribution in [2.45, 2.75) is 84.5 Å². The van der Waals surface area contributed by atoms with Crippen LogP contribution in [0.4, 0.5) is 5.95 Å². The SMILES string of the molecule is Cc1cccc(C)c1-c1cc2nc(n1)NS(=O)(=O)c1cccc(c1)C(C1CC3(CC(C)C3)C1)[C@H](CC(C)(C)C)CO2. The van der Waals surface area contributed by atoms with E-state index in [0.29, 0.717) is 29.5 Å². The molecular weight excluding hydrogens is 530 g/mol. The molecule has 4 bridgehead atoms. The molecule has 1 N–H and O–H groups in total. The molecule has 3 aliphatic rings. The molecule has 41 heavy (non-hydrogen) atoms. The molecule has 2 heterocycles. The quantitative estimate of drug-likeness (QED) is 0.344. The van der Waals surface area contributed by atoms with Gasteiger partial charge in [-0.3, -0.25) is 0 Å². The fourth-order valence-electron chi connectivity index (χ4n) is 8.22. The third-order valence-corrected chi connectivity index (χ3v) is 10.8. The average Bonchev–Trinajstić information content (AvgIpc) is 2.83. The Bertz CT molecular complexity index is 1540. The van der Waals surface area contributed by atoms with Crippen molar-refractivity contribution in [1.82, 2.24) is 9.97 Å². The molecule has 2 aromatic carbocycles. The standard InChI is InChI=1S/C34H43N3O3S/c1-21-15-34(16-21)18-25(19-34)31-24-11-8-12-27(13-24)41(38,39)37-32-35-28(30-22(2)9-7-10-23(30)3)14-29(36-32)40-20-26(31)17-33(4,5)6/h7-14,21,25-26,31H,15-20H2,1-6H3,(H,35,36,37)/t21?,25?,26-,31?,34?/m1/s1. The number of fused-ring (bicyclic) bond motifs is 4. The molecular formula is C34H43N3O3S. The third-order valence-electron chi connectivity index (χ3n) is 9.51. The van der Waals surface area contributed by atoms with Gasteiger partial charge < -0.3 is 4.74 Å². The first-order valence-corrected chi connectivity index (χ1v) is 16.5. The van der Waals surface area contributed by atoms with E-state index in [2.05, 4.69) is 48.5 Å². The van der Waals surface area contributed by atoms with E-state index >= 15 is 0 Å². The van der Waals surface area contributed by atoms with Crippen LogP contribution in [0.1, 0.15) is 82.4 Å². The van der Waals surface area contributed by atoms with E-state index < -0.39 is 10.0 Å². The number of aromatic nitrogens is 2. The average molecular weight is 574 g/mol. The zero-order valence-electron chi connectivity index (χ0n) is 25.2. The number of hydrogen-bond acceptors (Lipinski definition) is 5. The molecule has 0 amide bonds. The molecule has 1 aliphatic heterocycles. The van der Waals surface area contributed by atoms with Crippen LogP contribution >= 0.6 is 0 Å². The molecule has 0 saturated heterocycles. The van der Waals surface area contributed by atoms with Gasteiger partial charge >= 0.3 is 0 Å². The van der Waals surface area contributed by atoms with Crippen LogP contribution in [-0.2, 0) is 10.0 Å². The molecule has 1 spiro atoms. The van der Waals surface area contributed by atoms with Crippen LogP contribution in [0.2, 0.25) is 0 Å². The van der Waals surface area contributed by atoms with Crippen molar-refractivity contribution < 1.29 is 13.2 Å². The van der Waals surface area contributed by atoms with Crippen LogP contribution in [0.25, 0.3) is 11.3 Å². The van der Waals surface area contributed by atoms with E-state index in [1.165, 1.54) is 25.7 Å². The Labute approximate surface area is 245 Å². The normalized spacial score (nSPS) is 28.7. The summed E-state index contributed by atoms with van der Waals surface area (Å²) in [5, 5.41) is 0. The fraction of sp³-hybridized carbons (Fsp3) is 0.529. The van der Waals surface area contributed by atoms with Gasteiger partial charge in [0.15, 0.2) is 0 Å². The first-order chi connectivity index (χ1) is 19.3. The lowest BCUT2D eigenvalue weighted by molar-refractivity contribution is -0.0810. The molecule has 218 valence electrons. The predicted molar refractivity (Wildman–Crippen MR) is 164 cm³/mol. The fourth-order valence-corrected chi connectivity index (χ4v) is 9.21. The van der Waals surface area contributed by atoms with Crippen LogP contribution in [0.3, 0.4) is 0 Å². The van der Waals surface area contributed by atoms with Crippen molar-refractivity contribution in [2.75, 3.05) is 11.3 Å². The van der Waals surface area contributed by atoms with Crippen molar-refractivity contribution in [1.29, 1.82) is 0 Å². The van der Waals surface area contributed by atoms with Crippen molar-refractivity contribution in [3.05, 3.63) is 65.2 Å². The third kappa shape index (κ3) is 5.62. The predicted octanol–water partition coefficient (Wildman–Crippen LogP) is 7.92. The molecule has 2 aliphatic carbocycles. The summed E-state index contributed by atoms with van der Waals surface area (Å²) in [5.41, 5.74) is 5.42. The minimum atomic E-state index is -3.91. The lowest BCUT2D eigenvalue weighted by Gasteiger charge is -2.60. The number of anilines is 1. The molecule has 3 aromatic rings. The largest absolute Gasteiger partial charge is 0.477 e. The lowest BCUT2D eigenvalue weighted by atomic mass is 9.45. The minimum absolute atomic E-state index is 0.0232. The number of hydrogen-bond donors (Lipinski definition) is 1. The van der Waals surface area contributed by atoms with Gasteiger partial charge in [-0.15, -0.1) is 0 Å². The molecule has 6 nitrogen and oxygen atoms in total. The summed E-state index contributed by atoms with van der Waals surface area (Å²) >= 11 is 0. The van der Waals surface area contributed by atoms with Gasteiger partial charge in [0.25, 0.3) is 10.0 Å². The summed E-state index contributed by atoms with van der Waals surface area (Å²) in [6, 6.07) is 15.5. The second-order valence-corrected chi connectivity index (χ2v) is 16.1. The van der Waals surface area contributed by atoms with Gasteiger partial charge in [0.2, 0.25) is 11.8 Å². The van der Waals surface area contributed by atoms with Gasteiger partial charge in [-0.1, -0.05) is 58.0 Å². The van der Waals surface area contributed by atoms with Crippen LogP contribution in [0.15, 0.2) is 53.4 Å². The van der Waals surface area contributed by atoms with E-state index in [0.717, 1.165) is 34.6 Å². The number of nitrogens with one attached hydrogen (secondary N) is 1. The Morgan fingerprint density at radius 2 is 1.66 bits per heavy atom. The van der Waals surface area contributed by atoms with E-state index in [1.807, 2.05) is 50.2 Å². The van der Waals surface area contributed by atoms with Crippen molar-refractivity contribution in [2.24, 2.45) is 28.6 Å². The highest BCUT2D eigenvalue weighted by molar-refractivity contribution is 7.92. The van der Waals surface area contributed by atoms with Crippen LogP contribution in [0, 0.1) is 42.4 Å². The zero-order valence-corrected chi connectivity index (χ0v) is 26.0. The number of benzene rings is 2. The molecule has 0 radical (unpaired) electrons. The molecule has 1 unspecified atom stereocenters. The van der Waals surface area contributed by atoms with E-state index in [4.69, 9.17) is 4.74 Å². The smallest absolute Gasteiger partial charge is 0.264 e. The Kier molecular flexibility index (Phi) is 6.95. The van der Waals surface area contributed by atoms with Gasteiger partial charge in [-0.05, 0) is 103 Å². The Hall–Kier alpha value is -2.93. The molecule has 2 fully saturated rings. The maximum absolute atomic E-state index is 13.7. The number of nitrogens with zero attached hydrogens (tertiary/aromatic N) is 2. The number of rotatable bonds is 3. The summed E-state index contributed by atoms with van der Waals surface area (Å²) in [5.74, 6) is 2.18. The van der Waals surface area contributed by atoms with Gasteiger partial charge in [-0.25, -0.2) is 18.1 Å². The summed E-state index contributed by atoms with van der Waals surface area (Å²) in [6.07, 6.45) is 6.03. The number of sulfonamides is 1. The molecule has 1 aromatic heterocycles. The Balaban J connectivity index is 1.45. The van der Waals surface area contributed by atoms with E-state index in [9.17, 15) is 8.42 Å². The number of aryl methyl sites for hydroxylation is 2. The van der Waals surface area contributed by atoms with Crippen molar-refractivity contribution in [3.8, 4) is 17.1 Å². The highest BCUT2D eigenvalue weighted by Crippen LogP contribution is 2.65. The highest BCUT2D eigenvalue weighted by Gasteiger charge is 2.54. The first-order valence-electron chi connectivity index (χ1n) is 15.0. The number of ether oxygens (including phenoxy) is 1. The minimum Gasteiger partial charge on any atom is -0.477 e. The summed E-state index contributed by atoms with van der Waals surface area (Å²) in [7, 11) is -3.91. The lowest BCUT2D eigenvalue weighted by Crippen LogP contribution is -2.49. The van der Waals surface area contributed by atoms with E-state index in [1.54, 1.807) is 6.07 Å². The zero-order chi connectivity index (χ0) is 29.2. The van der Waals surface area contributed by atoms with E-state index in [-0.39, 0.29) is 28.1 Å². The Morgan fingerprint density at radius 3 is 2.32 bits per heavy atom. The topological polar surface area (TPSA) is 81.2 Å². The second kappa shape index (κ2) is 10.1. The van der Waals surface area contributed by atoms with Gasteiger partial charge in [0.05, 0.1) is 17.2 Å². The molecule has 2 saturated carbocycles. The molecule has 2 atom stereocenters. The monoisotopic (exact) mass is 573 g/mol. The van der Waals surface area contributed by atoms with Gasteiger partial charge in [0.1, 0.15) is 0 Å². The maximum atomic E-state index is 13.7. The highest BCUT2D eigenvalue weighted by atomic mass is 32.2. The van der Waals surface area contributed by atoms with Crippen LogP contribution < -0.4 is 9.46 Å². The molecule has 6 rings (SSSR count).